The SMILES string of the molecule is COc1cc(CN2CCN(C(CC3(CC(c4ccc(F)cc4)N4CCN(Cc5cc(OC)c(OC)c(OC)c5)CC4)CCNC3=O)c3ccc(F)cc3)CC2)cc(OC)c1OC. The lowest BCUT2D eigenvalue weighted by Gasteiger charge is -2.45. The summed E-state index contributed by atoms with van der Waals surface area (Å²) in [6, 6.07) is 21.2. The van der Waals surface area contributed by atoms with Crippen LogP contribution in [0.4, 0.5) is 8.78 Å². The lowest BCUT2D eigenvalue weighted by Crippen LogP contribution is -2.50. The van der Waals surface area contributed by atoms with Crippen LogP contribution in [0.15, 0.2) is 72.8 Å². The van der Waals surface area contributed by atoms with E-state index >= 15 is 0 Å². The fourth-order valence-electron chi connectivity index (χ4n) is 9.65. The van der Waals surface area contributed by atoms with Crippen LogP contribution in [0.1, 0.15) is 53.6 Å². The third kappa shape index (κ3) is 10.0. The van der Waals surface area contributed by atoms with Gasteiger partial charge in [0.25, 0.3) is 0 Å². The molecule has 4 aromatic rings. The van der Waals surface area contributed by atoms with Gasteiger partial charge >= 0.3 is 0 Å². The van der Waals surface area contributed by atoms with E-state index in [1.165, 1.54) is 24.3 Å². The van der Waals surface area contributed by atoms with E-state index in [2.05, 4.69) is 24.9 Å². The molecule has 2 unspecified atom stereocenters. The van der Waals surface area contributed by atoms with Gasteiger partial charge in [-0.15, -0.1) is 0 Å². The number of nitrogens with zero attached hydrogens (tertiary/aromatic N) is 4. The summed E-state index contributed by atoms with van der Waals surface area (Å²) in [7, 11) is 9.68. The lowest BCUT2D eigenvalue weighted by atomic mass is 9.72. The van der Waals surface area contributed by atoms with Gasteiger partial charge in [0.1, 0.15) is 11.6 Å². The number of ether oxygens (including phenoxy) is 6. The van der Waals surface area contributed by atoms with Gasteiger partial charge in [-0.1, -0.05) is 24.3 Å². The number of hydrogen-bond donors (Lipinski definition) is 1. The first-order valence-corrected chi connectivity index (χ1v) is 21.4. The Morgan fingerprint density at radius 1 is 0.548 bits per heavy atom. The summed E-state index contributed by atoms with van der Waals surface area (Å²) in [6.45, 7) is 8.23. The van der Waals surface area contributed by atoms with Gasteiger partial charge in [0, 0.05) is 84.1 Å². The third-order valence-electron chi connectivity index (χ3n) is 13.0. The molecule has 4 aromatic carbocycles. The minimum atomic E-state index is -0.723. The largest absolute Gasteiger partial charge is 0.493 e. The van der Waals surface area contributed by atoms with Gasteiger partial charge in [0.05, 0.1) is 48.1 Å². The van der Waals surface area contributed by atoms with E-state index < -0.39 is 5.41 Å². The Hall–Kier alpha value is -5.15. The van der Waals surface area contributed by atoms with E-state index in [9.17, 15) is 13.6 Å². The number of nitrogens with one attached hydrogen (secondary N) is 1. The maximum absolute atomic E-state index is 14.4. The maximum atomic E-state index is 14.4. The molecule has 0 saturated carbocycles. The number of carbonyl (C=O) groups is 1. The first kappa shape index (κ1) is 44.9. The number of carbonyl (C=O) groups excluding carboxylic acids is 1. The first-order valence-electron chi connectivity index (χ1n) is 21.4. The Bertz CT molecular complexity index is 1920. The molecule has 0 spiro atoms. The molecule has 1 amide bonds. The van der Waals surface area contributed by atoms with Crippen molar-refractivity contribution in [2.24, 2.45) is 5.41 Å². The van der Waals surface area contributed by atoms with Crippen molar-refractivity contribution in [2.45, 2.75) is 44.4 Å². The molecule has 0 radical (unpaired) electrons. The van der Waals surface area contributed by atoms with Crippen LogP contribution in [-0.4, -0.2) is 127 Å². The van der Waals surface area contributed by atoms with Crippen LogP contribution in [-0.2, 0) is 17.9 Å². The van der Waals surface area contributed by atoms with Crippen LogP contribution in [0, 0.1) is 17.0 Å². The molecular formula is C48H61F2N5O7. The molecule has 7 rings (SSSR count). The Balaban J connectivity index is 1.11. The van der Waals surface area contributed by atoms with Crippen LogP contribution in [0.3, 0.4) is 0 Å². The number of hydrogen-bond acceptors (Lipinski definition) is 11. The van der Waals surface area contributed by atoms with Gasteiger partial charge < -0.3 is 33.7 Å². The molecule has 0 aliphatic carbocycles. The van der Waals surface area contributed by atoms with Gasteiger partial charge in [-0.25, -0.2) is 8.78 Å². The van der Waals surface area contributed by atoms with E-state index in [4.69, 9.17) is 28.4 Å². The van der Waals surface area contributed by atoms with Crippen molar-refractivity contribution in [1.82, 2.24) is 24.9 Å². The summed E-state index contributed by atoms with van der Waals surface area (Å²) in [6.07, 6.45) is 1.80. The Morgan fingerprint density at radius 2 is 0.903 bits per heavy atom. The number of benzene rings is 4. The molecule has 3 heterocycles. The van der Waals surface area contributed by atoms with Crippen molar-refractivity contribution in [3.63, 3.8) is 0 Å². The number of methoxy groups -OCH3 is 6. The monoisotopic (exact) mass is 857 g/mol. The fourth-order valence-corrected chi connectivity index (χ4v) is 9.65. The number of halogens is 2. The van der Waals surface area contributed by atoms with Crippen molar-refractivity contribution >= 4 is 5.91 Å². The lowest BCUT2D eigenvalue weighted by molar-refractivity contribution is -0.130. The molecule has 3 saturated heterocycles. The van der Waals surface area contributed by atoms with Gasteiger partial charge in [0.15, 0.2) is 23.0 Å². The van der Waals surface area contributed by atoms with E-state index in [0.29, 0.717) is 73.4 Å². The molecule has 334 valence electrons. The molecule has 14 heteroatoms. The van der Waals surface area contributed by atoms with E-state index in [0.717, 1.165) is 74.6 Å². The van der Waals surface area contributed by atoms with Crippen LogP contribution in [0.25, 0.3) is 0 Å². The normalized spacial score (nSPS) is 20.0. The van der Waals surface area contributed by atoms with E-state index in [-0.39, 0.29) is 29.6 Å². The average Bonchev–Trinajstić information content (AvgIpc) is 3.66. The molecule has 0 bridgehead atoms. The zero-order valence-electron chi connectivity index (χ0n) is 36.9. The van der Waals surface area contributed by atoms with Crippen LogP contribution < -0.4 is 33.7 Å². The first-order chi connectivity index (χ1) is 30.1. The van der Waals surface area contributed by atoms with Gasteiger partial charge in [-0.3, -0.25) is 24.4 Å². The summed E-state index contributed by atoms with van der Waals surface area (Å²) >= 11 is 0. The molecule has 3 aliphatic heterocycles. The molecule has 2 atom stereocenters. The molecule has 3 aliphatic rings. The van der Waals surface area contributed by atoms with E-state index in [1.54, 1.807) is 42.7 Å². The maximum Gasteiger partial charge on any atom is 0.226 e. The molecule has 1 N–H and O–H groups in total. The van der Waals surface area contributed by atoms with Gasteiger partial charge in [0.2, 0.25) is 17.4 Å². The van der Waals surface area contributed by atoms with Gasteiger partial charge in [-0.2, -0.15) is 0 Å². The summed E-state index contributed by atoms with van der Waals surface area (Å²) in [5.41, 5.74) is 3.36. The van der Waals surface area contributed by atoms with Crippen LogP contribution in [0.2, 0.25) is 0 Å². The minimum absolute atomic E-state index is 0.0406. The highest BCUT2D eigenvalue weighted by Crippen LogP contribution is 2.48. The predicted octanol–water partition coefficient (Wildman–Crippen LogP) is 6.72. The Kier molecular flexibility index (Phi) is 14.7. The third-order valence-corrected chi connectivity index (χ3v) is 13.0. The highest BCUT2D eigenvalue weighted by atomic mass is 19.1. The molecule has 0 aromatic heterocycles. The number of rotatable bonds is 18. The Morgan fingerprint density at radius 3 is 1.19 bits per heavy atom. The smallest absolute Gasteiger partial charge is 0.226 e. The van der Waals surface area contributed by atoms with Gasteiger partial charge in [-0.05, 0) is 90.0 Å². The zero-order valence-corrected chi connectivity index (χ0v) is 36.9. The second-order valence-electron chi connectivity index (χ2n) is 16.5. The highest BCUT2D eigenvalue weighted by molar-refractivity contribution is 5.85. The number of piperazine rings is 2. The molecule has 3 fully saturated rings. The summed E-state index contributed by atoms with van der Waals surface area (Å²) in [4.78, 5) is 24.1. The standard InChI is InChI=1S/C48H61F2N5O7/c1-57-41-25-33(26-42(58-2)45(41)61-5)31-52-17-21-54(22-18-52)39(35-7-11-37(49)12-8-35)29-48(15-16-51-47(48)56)30-40(36-9-13-38(50)14-10-36)55-23-19-53(20-24-55)32-34-27-43(59-3)46(62-6)44(28-34)60-4/h7-14,25-28,39-40H,15-24,29-32H2,1-6H3,(H,51,56). The zero-order chi connectivity index (χ0) is 43.8. The van der Waals surface area contributed by atoms with Crippen molar-refractivity contribution in [1.29, 1.82) is 0 Å². The summed E-state index contributed by atoms with van der Waals surface area (Å²) in [5.74, 6) is 3.05. The van der Waals surface area contributed by atoms with Crippen molar-refractivity contribution < 1.29 is 42.0 Å². The predicted molar refractivity (Wildman–Crippen MR) is 233 cm³/mol. The summed E-state index contributed by atoms with van der Waals surface area (Å²) in [5, 5.41) is 3.20. The molecule has 12 nitrogen and oxygen atoms in total. The topological polar surface area (TPSA) is 97.4 Å². The number of amides is 1. The van der Waals surface area contributed by atoms with Crippen LogP contribution in [0.5, 0.6) is 34.5 Å². The van der Waals surface area contributed by atoms with Crippen LogP contribution >= 0.6 is 0 Å². The minimum Gasteiger partial charge on any atom is -0.493 e. The van der Waals surface area contributed by atoms with E-state index in [1.807, 2.05) is 48.5 Å². The van der Waals surface area contributed by atoms with Crippen molar-refractivity contribution in [2.75, 3.05) is 102 Å². The van der Waals surface area contributed by atoms with Crippen molar-refractivity contribution in [3.05, 3.63) is 107 Å². The average molecular weight is 858 g/mol. The second-order valence-corrected chi connectivity index (χ2v) is 16.5. The summed E-state index contributed by atoms with van der Waals surface area (Å²) < 4.78 is 62.4. The fraction of sp³-hybridized carbons (Fsp3) is 0.479. The quantitative estimate of drug-likeness (QED) is 0.116. The second kappa shape index (κ2) is 20.4. The molecular weight excluding hydrogens is 797 g/mol. The van der Waals surface area contributed by atoms with Crippen molar-refractivity contribution in [3.8, 4) is 34.5 Å². The highest BCUT2D eigenvalue weighted by Gasteiger charge is 2.48. The molecule has 62 heavy (non-hydrogen) atoms. The Labute approximate surface area is 364 Å².